The van der Waals surface area contributed by atoms with Crippen LogP contribution in [-0.2, 0) is 22.7 Å². The van der Waals surface area contributed by atoms with Crippen LogP contribution in [0.25, 0.3) is 11.1 Å². The van der Waals surface area contributed by atoms with Gasteiger partial charge in [0, 0.05) is 45.0 Å². The number of rotatable bonds is 11. The molecule has 3 aromatic rings. The van der Waals surface area contributed by atoms with Gasteiger partial charge in [-0.05, 0) is 40.8 Å². The van der Waals surface area contributed by atoms with E-state index in [1.165, 1.54) is 11.1 Å². The van der Waals surface area contributed by atoms with Crippen molar-refractivity contribution in [3.05, 3.63) is 89.5 Å². The number of hydrogen-bond acceptors (Lipinski definition) is 5. The molecule has 0 saturated heterocycles. The van der Waals surface area contributed by atoms with E-state index in [1.54, 1.807) is 17.0 Å². The standard InChI is InChI=1S/C31H39N5O2/c1-23(2)32-16-17-35(22-31(38)34(4)36-20-27-12-8-9-13-28(27)21-36)30(37)19-33-29-18-26(15-14-24(29)3)25-10-6-5-7-11-25/h5-15,18,23,32-33H,16-17,19-22H2,1-4H3. The highest BCUT2D eigenvalue weighted by Crippen LogP contribution is 2.25. The zero-order valence-corrected chi connectivity index (χ0v) is 22.9. The molecule has 0 aliphatic carbocycles. The lowest BCUT2D eigenvalue weighted by Crippen LogP contribution is -2.49. The molecule has 7 heteroatoms. The van der Waals surface area contributed by atoms with Crippen LogP contribution >= 0.6 is 0 Å². The van der Waals surface area contributed by atoms with Crippen molar-refractivity contribution in [3.63, 3.8) is 0 Å². The number of hydrazine groups is 1. The highest BCUT2D eigenvalue weighted by molar-refractivity contribution is 5.87. The number of nitrogens with one attached hydrogen (secondary N) is 2. The topological polar surface area (TPSA) is 67.9 Å². The quantitative estimate of drug-likeness (QED) is 0.400. The van der Waals surface area contributed by atoms with Crippen LogP contribution in [0.15, 0.2) is 72.8 Å². The third kappa shape index (κ3) is 7.00. The first-order chi connectivity index (χ1) is 18.3. The molecule has 0 spiro atoms. The number of amides is 2. The molecule has 4 rings (SSSR count). The fourth-order valence-corrected chi connectivity index (χ4v) is 4.64. The second-order valence-corrected chi connectivity index (χ2v) is 10.2. The molecule has 0 atom stereocenters. The zero-order chi connectivity index (χ0) is 27.1. The Morgan fingerprint density at radius 1 is 0.895 bits per heavy atom. The number of nitrogens with zero attached hydrogens (tertiary/aromatic N) is 3. The van der Waals surface area contributed by atoms with Crippen LogP contribution in [0.5, 0.6) is 0 Å². The van der Waals surface area contributed by atoms with E-state index in [2.05, 4.69) is 66.9 Å². The summed E-state index contributed by atoms with van der Waals surface area (Å²) in [6, 6.07) is 25.0. The van der Waals surface area contributed by atoms with Crippen molar-refractivity contribution in [2.45, 2.75) is 39.9 Å². The van der Waals surface area contributed by atoms with Crippen LogP contribution in [0.3, 0.4) is 0 Å². The van der Waals surface area contributed by atoms with E-state index in [1.807, 2.05) is 42.3 Å². The SMILES string of the molecule is Cc1ccc(-c2ccccc2)cc1NCC(=O)N(CCNC(C)C)CC(=O)N(C)N1Cc2ccccc2C1. The maximum absolute atomic E-state index is 13.4. The van der Waals surface area contributed by atoms with Crippen LogP contribution in [0.2, 0.25) is 0 Å². The lowest BCUT2D eigenvalue weighted by molar-refractivity contribution is -0.151. The van der Waals surface area contributed by atoms with Crippen molar-refractivity contribution in [1.82, 2.24) is 20.2 Å². The smallest absolute Gasteiger partial charge is 0.256 e. The van der Waals surface area contributed by atoms with Gasteiger partial charge in [-0.1, -0.05) is 80.6 Å². The molecule has 2 N–H and O–H groups in total. The van der Waals surface area contributed by atoms with Crippen molar-refractivity contribution < 1.29 is 9.59 Å². The van der Waals surface area contributed by atoms with E-state index >= 15 is 0 Å². The fraction of sp³-hybridized carbons (Fsp3) is 0.355. The Balaban J connectivity index is 1.40. The minimum absolute atomic E-state index is 0.0344. The van der Waals surface area contributed by atoms with Crippen molar-refractivity contribution in [2.75, 3.05) is 38.5 Å². The molecule has 200 valence electrons. The summed E-state index contributed by atoms with van der Waals surface area (Å²) in [6.45, 7) is 8.79. The number of aryl methyl sites for hydroxylation is 1. The van der Waals surface area contributed by atoms with E-state index in [0.717, 1.165) is 22.4 Å². The lowest BCUT2D eigenvalue weighted by Gasteiger charge is -2.31. The summed E-state index contributed by atoms with van der Waals surface area (Å²) in [5.74, 6) is -0.204. The zero-order valence-electron chi connectivity index (χ0n) is 22.9. The lowest BCUT2D eigenvalue weighted by atomic mass is 10.0. The Labute approximate surface area is 226 Å². The molecule has 1 aliphatic rings. The normalized spacial score (nSPS) is 12.9. The molecule has 2 amide bonds. The first-order valence-electron chi connectivity index (χ1n) is 13.3. The molecule has 7 nitrogen and oxygen atoms in total. The minimum atomic E-state index is -0.105. The average molecular weight is 514 g/mol. The highest BCUT2D eigenvalue weighted by Gasteiger charge is 2.27. The van der Waals surface area contributed by atoms with E-state index in [0.29, 0.717) is 32.2 Å². The van der Waals surface area contributed by atoms with Crippen LogP contribution in [0.1, 0.15) is 30.5 Å². The second kappa shape index (κ2) is 12.7. The Kier molecular flexibility index (Phi) is 9.15. The van der Waals surface area contributed by atoms with Crippen LogP contribution in [-0.4, -0.2) is 66.0 Å². The van der Waals surface area contributed by atoms with Gasteiger partial charge < -0.3 is 15.5 Å². The highest BCUT2D eigenvalue weighted by atomic mass is 16.2. The maximum Gasteiger partial charge on any atom is 0.256 e. The third-order valence-electron chi connectivity index (χ3n) is 7.00. The van der Waals surface area contributed by atoms with Gasteiger partial charge in [0.05, 0.1) is 6.54 Å². The number of likely N-dealkylation sites (N-methyl/N-ethyl adjacent to an activating group) is 1. The molecule has 0 saturated carbocycles. The number of hydrogen-bond donors (Lipinski definition) is 2. The van der Waals surface area contributed by atoms with Gasteiger partial charge in [-0.25, -0.2) is 5.01 Å². The first-order valence-corrected chi connectivity index (χ1v) is 13.3. The molecule has 3 aromatic carbocycles. The Morgan fingerprint density at radius 2 is 1.55 bits per heavy atom. The molecule has 0 bridgehead atoms. The van der Waals surface area contributed by atoms with Crippen LogP contribution < -0.4 is 10.6 Å². The number of fused-ring (bicyclic) bond motifs is 1. The van der Waals surface area contributed by atoms with Gasteiger partial charge in [-0.3, -0.25) is 14.6 Å². The summed E-state index contributed by atoms with van der Waals surface area (Å²) in [6.07, 6.45) is 0. The van der Waals surface area contributed by atoms with Crippen molar-refractivity contribution >= 4 is 17.5 Å². The third-order valence-corrected chi connectivity index (χ3v) is 7.00. The Morgan fingerprint density at radius 3 is 2.21 bits per heavy atom. The van der Waals surface area contributed by atoms with E-state index in [-0.39, 0.29) is 24.9 Å². The van der Waals surface area contributed by atoms with Crippen molar-refractivity contribution in [1.29, 1.82) is 0 Å². The number of carbonyl (C=O) groups excluding carboxylic acids is 2. The first kappa shape index (κ1) is 27.4. The molecule has 1 aliphatic heterocycles. The molecule has 0 radical (unpaired) electrons. The maximum atomic E-state index is 13.4. The number of carbonyl (C=O) groups is 2. The monoisotopic (exact) mass is 513 g/mol. The molecule has 0 unspecified atom stereocenters. The summed E-state index contributed by atoms with van der Waals surface area (Å²) in [4.78, 5) is 28.3. The predicted molar refractivity (Wildman–Crippen MR) is 153 cm³/mol. The van der Waals surface area contributed by atoms with E-state index < -0.39 is 0 Å². The van der Waals surface area contributed by atoms with Gasteiger partial charge in [-0.15, -0.1) is 0 Å². The van der Waals surface area contributed by atoms with E-state index in [9.17, 15) is 9.59 Å². The number of benzene rings is 3. The molecule has 1 heterocycles. The summed E-state index contributed by atoms with van der Waals surface area (Å²) in [7, 11) is 1.79. The molecule has 38 heavy (non-hydrogen) atoms. The fourth-order valence-electron chi connectivity index (χ4n) is 4.64. The largest absolute Gasteiger partial charge is 0.376 e. The summed E-state index contributed by atoms with van der Waals surface area (Å²) >= 11 is 0. The van der Waals surface area contributed by atoms with Gasteiger partial charge in [0.25, 0.3) is 5.91 Å². The second-order valence-electron chi connectivity index (χ2n) is 10.2. The molecular formula is C31H39N5O2. The van der Waals surface area contributed by atoms with Crippen LogP contribution in [0.4, 0.5) is 5.69 Å². The van der Waals surface area contributed by atoms with Gasteiger partial charge in [0.15, 0.2) is 0 Å². The van der Waals surface area contributed by atoms with Gasteiger partial charge in [0.1, 0.15) is 6.54 Å². The average Bonchev–Trinajstić information content (AvgIpc) is 3.36. The Bertz CT molecular complexity index is 1220. The molecule has 0 fully saturated rings. The van der Waals surface area contributed by atoms with Crippen molar-refractivity contribution in [3.8, 4) is 11.1 Å². The summed E-state index contributed by atoms with van der Waals surface area (Å²) in [5.41, 5.74) is 6.67. The predicted octanol–water partition coefficient (Wildman–Crippen LogP) is 4.29. The Hall–Kier alpha value is -3.68. The molecular weight excluding hydrogens is 474 g/mol. The van der Waals surface area contributed by atoms with Gasteiger partial charge >= 0.3 is 0 Å². The number of anilines is 1. The summed E-state index contributed by atoms with van der Waals surface area (Å²) < 4.78 is 0. The van der Waals surface area contributed by atoms with Crippen LogP contribution in [0, 0.1) is 6.92 Å². The van der Waals surface area contributed by atoms with Crippen molar-refractivity contribution in [2.24, 2.45) is 0 Å². The minimum Gasteiger partial charge on any atom is -0.376 e. The van der Waals surface area contributed by atoms with Gasteiger partial charge in [0.2, 0.25) is 5.91 Å². The summed E-state index contributed by atoms with van der Waals surface area (Å²) in [5, 5.41) is 10.4. The van der Waals surface area contributed by atoms with Gasteiger partial charge in [-0.2, -0.15) is 0 Å². The molecule has 0 aromatic heterocycles. The van der Waals surface area contributed by atoms with E-state index in [4.69, 9.17) is 0 Å².